The van der Waals surface area contributed by atoms with Crippen LogP contribution < -0.4 is 15.9 Å². The fourth-order valence-electron chi connectivity index (χ4n) is 4.25. The highest BCUT2D eigenvalue weighted by Crippen LogP contribution is 2.30. The van der Waals surface area contributed by atoms with E-state index in [1.54, 1.807) is 21.0 Å². The molecule has 0 fully saturated rings. The number of anilines is 1. The number of hydrogen-bond donors (Lipinski definition) is 1. The van der Waals surface area contributed by atoms with Crippen molar-refractivity contribution < 1.29 is 31.1 Å². The molecule has 2 heterocycles. The van der Waals surface area contributed by atoms with Crippen LogP contribution in [0.1, 0.15) is 45.7 Å². The first kappa shape index (κ1) is 29.8. The van der Waals surface area contributed by atoms with Gasteiger partial charge in [-0.25, -0.2) is 18.2 Å². The summed E-state index contributed by atoms with van der Waals surface area (Å²) in [5.41, 5.74) is -1.23. The molecule has 0 bridgehead atoms. The number of carbonyl (C=O) groups is 1. The van der Waals surface area contributed by atoms with Crippen LogP contribution in [-0.4, -0.2) is 41.1 Å². The number of fused-ring (bicyclic) bond motifs is 1. The van der Waals surface area contributed by atoms with Gasteiger partial charge in [-0.3, -0.25) is 9.59 Å². The molecule has 4 rings (SSSR count). The maximum Gasteiger partial charge on any atom is 0.416 e. The highest BCUT2D eigenvalue weighted by atomic mass is 35.5. The minimum atomic E-state index is -4.47. The zero-order valence-corrected chi connectivity index (χ0v) is 21.8. The van der Waals surface area contributed by atoms with Crippen molar-refractivity contribution in [3.8, 4) is 0 Å². The molecule has 3 aromatic rings. The summed E-state index contributed by atoms with van der Waals surface area (Å²) in [5.74, 6) is -4.76. The molecule has 2 aromatic carbocycles. The molecule has 39 heavy (non-hydrogen) atoms. The van der Waals surface area contributed by atoms with Crippen LogP contribution in [0.5, 0.6) is 0 Å². The molecule has 1 aliphatic rings. The number of benzene rings is 2. The Morgan fingerprint density at radius 2 is 1.67 bits per heavy atom. The second kappa shape index (κ2) is 11.2. The van der Waals surface area contributed by atoms with E-state index in [0.717, 1.165) is 17.0 Å². The molecule has 0 unspecified atom stereocenters. The summed E-state index contributed by atoms with van der Waals surface area (Å²) < 4.78 is 81.5. The largest absolute Gasteiger partial charge is 0.416 e. The van der Waals surface area contributed by atoms with Crippen molar-refractivity contribution in [3.05, 3.63) is 92.2 Å². The third kappa shape index (κ3) is 5.97. The molecule has 1 atom stereocenters. The first-order valence-electron chi connectivity index (χ1n) is 11.5. The molecule has 1 amide bonds. The lowest BCUT2D eigenvalue weighted by Crippen LogP contribution is -2.46. The van der Waals surface area contributed by atoms with Gasteiger partial charge in [0.1, 0.15) is 23.0 Å². The number of aromatic nitrogens is 2. The molecule has 1 aliphatic heterocycles. The first-order valence-corrected chi connectivity index (χ1v) is 11.5. The molecule has 0 aliphatic carbocycles. The van der Waals surface area contributed by atoms with E-state index >= 15 is 0 Å². The minimum absolute atomic E-state index is 0. The summed E-state index contributed by atoms with van der Waals surface area (Å²) in [6.07, 6.45) is -4.37. The molecule has 7 nitrogen and oxygen atoms in total. The monoisotopic (exact) mass is 575 g/mol. The van der Waals surface area contributed by atoms with E-state index < -0.39 is 52.3 Å². The number of amides is 1. The highest BCUT2D eigenvalue weighted by Gasteiger charge is 2.32. The van der Waals surface area contributed by atoms with Crippen molar-refractivity contribution in [1.82, 2.24) is 14.6 Å². The number of alkyl halides is 3. The summed E-state index contributed by atoms with van der Waals surface area (Å²) in [6, 6.07) is 4.87. The Kier molecular flexibility index (Phi) is 8.53. The summed E-state index contributed by atoms with van der Waals surface area (Å²) >= 11 is 0. The minimum Gasteiger partial charge on any atom is -0.348 e. The third-order valence-corrected chi connectivity index (χ3v) is 6.20. The van der Waals surface area contributed by atoms with Crippen LogP contribution in [0.15, 0.2) is 41.2 Å². The van der Waals surface area contributed by atoms with Crippen LogP contribution in [0.2, 0.25) is 0 Å². The van der Waals surface area contributed by atoms with Gasteiger partial charge in [-0.2, -0.15) is 17.8 Å². The van der Waals surface area contributed by atoms with E-state index in [2.05, 4.69) is 10.3 Å². The van der Waals surface area contributed by atoms with E-state index in [1.807, 2.05) is 0 Å². The van der Waals surface area contributed by atoms with Crippen molar-refractivity contribution in [2.45, 2.75) is 32.1 Å². The number of halogens is 7. The van der Waals surface area contributed by atoms with Crippen molar-refractivity contribution >= 4 is 24.3 Å². The fourth-order valence-corrected chi connectivity index (χ4v) is 4.25. The van der Waals surface area contributed by atoms with Crippen LogP contribution in [-0.2, 0) is 19.1 Å². The van der Waals surface area contributed by atoms with E-state index in [4.69, 9.17) is 0 Å². The van der Waals surface area contributed by atoms with Crippen LogP contribution >= 0.6 is 12.4 Å². The molecule has 210 valence electrons. The number of nitrogens with one attached hydrogen (secondary N) is 1. The fraction of sp³-hybridized carbons (Fsp3) is 0.320. The van der Waals surface area contributed by atoms with Gasteiger partial charge in [0.15, 0.2) is 0 Å². The SMILES string of the molecule is C[C@H](Nc1nc2c(c(=O)n1N(C)C)CN(C(=O)c1c(F)cc(F)cc1F)CC2)c1ccc(C(F)(F)F)cc1.Cl. The molecule has 0 radical (unpaired) electrons. The third-order valence-electron chi connectivity index (χ3n) is 6.20. The second-order valence-electron chi connectivity index (χ2n) is 9.03. The Balaban J connectivity index is 0.00000420. The summed E-state index contributed by atoms with van der Waals surface area (Å²) in [5, 5.41) is 4.48. The van der Waals surface area contributed by atoms with Gasteiger partial charge in [0.05, 0.1) is 29.4 Å². The average Bonchev–Trinajstić information content (AvgIpc) is 2.82. The van der Waals surface area contributed by atoms with Crippen LogP contribution in [0.4, 0.5) is 32.3 Å². The Morgan fingerprint density at radius 1 is 1.08 bits per heavy atom. The van der Waals surface area contributed by atoms with Gasteiger partial charge >= 0.3 is 6.18 Å². The molecule has 0 saturated carbocycles. The van der Waals surface area contributed by atoms with Crippen LogP contribution in [0.3, 0.4) is 0 Å². The summed E-state index contributed by atoms with van der Waals surface area (Å²) in [6.45, 7) is 1.41. The van der Waals surface area contributed by atoms with Crippen molar-refractivity contribution in [3.63, 3.8) is 0 Å². The van der Waals surface area contributed by atoms with Gasteiger partial charge in [-0.15, -0.1) is 12.4 Å². The standard InChI is InChI=1S/C25H23F6N5O2.ClH/c1-13(14-4-6-15(7-5-14)25(29,30)31)32-24-33-20-8-9-35(12-17(20)22(37)36(24)34(2)3)23(38)21-18(27)10-16(26)11-19(21)28;/h4-7,10-11,13H,8-9,12H2,1-3H3,(H,32,33);1H/t13-;/m0./s1. The van der Waals surface area contributed by atoms with Gasteiger partial charge in [0.2, 0.25) is 5.95 Å². The zero-order chi connectivity index (χ0) is 27.9. The van der Waals surface area contributed by atoms with Crippen LogP contribution in [0.25, 0.3) is 0 Å². The molecule has 0 spiro atoms. The zero-order valence-electron chi connectivity index (χ0n) is 20.9. The predicted molar refractivity (Wildman–Crippen MR) is 134 cm³/mol. The van der Waals surface area contributed by atoms with E-state index in [9.17, 15) is 35.9 Å². The Labute approximate surface area is 225 Å². The van der Waals surface area contributed by atoms with Gasteiger partial charge in [-0.1, -0.05) is 12.1 Å². The van der Waals surface area contributed by atoms with Crippen molar-refractivity contribution in [1.29, 1.82) is 0 Å². The number of hydrogen-bond acceptors (Lipinski definition) is 5. The van der Waals surface area contributed by atoms with Gasteiger partial charge in [0.25, 0.3) is 11.5 Å². The predicted octanol–water partition coefficient (Wildman–Crippen LogP) is 4.67. The maximum atomic E-state index is 14.2. The van der Waals surface area contributed by atoms with Gasteiger partial charge < -0.3 is 15.2 Å². The van der Waals surface area contributed by atoms with E-state index in [1.165, 1.54) is 21.8 Å². The van der Waals surface area contributed by atoms with Crippen LogP contribution in [0, 0.1) is 17.5 Å². The average molecular weight is 576 g/mol. The van der Waals surface area contributed by atoms with Gasteiger partial charge in [0, 0.05) is 39.2 Å². The Morgan fingerprint density at radius 3 is 2.21 bits per heavy atom. The molecule has 14 heteroatoms. The number of nitrogens with zero attached hydrogens (tertiary/aromatic N) is 4. The van der Waals surface area contributed by atoms with E-state index in [-0.39, 0.29) is 43.4 Å². The summed E-state index contributed by atoms with van der Waals surface area (Å²) in [7, 11) is 3.14. The summed E-state index contributed by atoms with van der Waals surface area (Å²) in [4.78, 5) is 31.9. The molecular weight excluding hydrogens is 552 g/mol. The Bertz CT molecular complexity index is 1420. The lowest BCUT2D eigenvalue weighted by atomic mass is 10.0. The Hall–Kier alpha value is -3.74. The topological polar surface area (TPSA) is 70.5 Å². The van der Waals surface area contributed by atoms with Gasteiger partial charge in [-0.05, 0) is 24.6 Å². The maximum absolute atomic E-state index is 14.2. The smallest absolute Gasteiger partial charge is 0.348 e. The highest BCUT2D eigenvalue weighted by molar-refractivity contribution is 5.95. The lowest BCUT2D eigenvalue weighted by Gasteiger charge is -2.31. The molecule has 0 saturated heterocycles. The molecular formula is C25H24ClF6N5O2. The quantitative estimate of drug-likeness (QED) is 0.448. The second-order valence-corrected chi connectivity index (χ2v) is 9.03. The molecule has 1 aromatic heterocycles. The van der Waals surface area contributed by atoms with Crippen molar-refractivity contribution in [2.24, 2.45) is 0 Å². The molecule has 1 N–H and O–H groups in total. The number of rotatable bonds is 5. The van der Waals surface area contributed by atoms with E-state index in [0.29, 0.717) is 23.4 Å². The first-order chi connectivity index (χ1) is 17.8. The lowest BCUT2D eigenvalue weighted by molar-refractivity contribution is -0.137. The normalized spacial score (nSPS) is 13.8. The van der Waals surface area contributed by atoms with Crippen molar-refractivity contribution in [2.75, 3.05) is 31.0 Å². The number of carbonyl (C=O) groups excluding carboxylic acids is 1.